The second-order valence-corrected chi connectivity index (χ2v) is 3.24. The number of nitrogens with zero attached hydrogens (tertiary/aromatic N) is 1. The molecule has 2 heteroatoms. The lowest BCUT2D eigenvalue weighted by atomic mass is 10.2. The summed E-state index contributed by atoms with van der Waals surface area (Å²) in [6.45, 7) is 5.79. The van der Waals surface area contributed by atoms with Gasteiger partial charge in [-0.2, -0.15) is 0 Å². The van der Waals surface area contributed by atoms with Gasteiger partial charge in [0.1, 0.15) is 0 Å². The van der Waals surface area contributed by atoms with E-state index in [4.69, 9.17) is 5.73 Å². The summed E-state index contributed by atoms with van der Waals surface area (Å²) in [5, 5.41) is 1.20. The van der Waals surface area contributed by atoms with Crippen LogP contribution in [0.25, 0.3) is 16.7 Å². The Balaban J connectivity index is 2.76. The summed E-state index contributed by atoms with van der Waals surface area (Å²) >= 11 is 0. The lowest BCUT2D eigenvalue weighted by Gasteiger charge is -2.02. The van der Waals surface area contributed by atoms with Gasteiger partial charge in [0.25, 0.3) is 0 Å². The second kappa shape index (κ2) is 2.66. The number of aryl methyl sites for hydroxylation is 1. The lowest BCUT2D eigenvalue weighted by molar-refractivity contribution is 1.13. The molecule has 0 saturated carbocycles. The predicted octanol–water partition coefficient (Wildman–Crippen LogP) is 2.34. The van der Waals surface area contributed by atoms with E-state index in [1.165, 1.54) is 10.9 Å². The first kappa shape index (κ1) is 7.92. The zero-order chi connectivity index (χ0) is 9.42. The van der Waals surface area contributed by atoms with E-state index >= 15 is 0 Å². The Morgan fingerprint density at radius 2 is 2.15 bits per heavy atom. The average molecular weight is 172 g/mol. The minimum Gasteiger partial charge on any atom is -0.385 e. The van der Waals surface area contributed by atoms with Crippen LogP contribution in [-0.4, -0.2) is 4.57 Å². The van der Waals surface area contributed by atoms with Crippen molar-refractivity contribution in [3.8, 4) is 0 Å². The third-order valence-electron chi connectivity index (χ3n) is 2.16. The van der Waals surface area contributed by atoms with Crippen LogP contribution >= 0.6 is 0 Å². The van der Waals surface area contributed by atoms with E-state index in [1.54, 1.807) is 0 Å². The maximum absolute atomic E-state index is 5.63. The van der Waals surface area contributed by atoms with Crippen LogP contribution in [-0.2, 0) is 0 Å². The van der Waals surface area contributed by atoms with Crippen molar-refractivity contribution in [1.82, 2.24) is 4.57 Å². The molecule has 0 aliphatic heterocycles. The normalized spacial score (nSPS) is 10.5. The van der Waals surface area contributed by atoms with Crippen LogP contribution in [0.15, 0.2) is 37.0 Å². The molecule has 0 radical (unpaired) electrons. The number of aromatic nitrogens is 1. The first-order valence-corrected chi connectivity index (χ1v) is 4.21. The molecule has 2 aromatic rings. The van der Waals surface area contributed by atoms with Gasteiger partial charge in [-0.05, 0) is 25.1 Å². The fraction of sp³-hybridized carbons (Fsp3) is 0.0909. The fourth-order valence-electron chi connectivity index (χ4n) is 1.51. The number of fused-ring (bicyclic) bond motifs is 1. The Hall–Kier alpha value is -1.70. The number of nitrogens with two attached hydrogens (primary N) is 1. The molecule has 1 heterocycles. The van der Waals surface area contributed by atoms with Crippen molar-refractivity contribution in [3.63, 3.8) is 0 Å². The van der Waals surface area contributed by atoms with E-state index < -0.39 is 0 Å². The molecule has 2 nitrogen and oxygen atoms in total. The van der Waals surface area contributed by atoms with Gasteiger partial charge in [0.15, 0.2) is 0 Å². The van der Waals surface area contributed by atoms with Crippen LogP contribution in [0.4, 0.5) is 0 Å². The molecule has 0 unspecified atom stereocenters. The summed E-state index contributed by atoms with van der Waals surface area (Å²) in [5.41, 5.74) is 8.00. The molecule has 2 N–H and O–H groups in total. The summed E-state index contributed by atoms with van der Waals surface area (Å²) in [4.78, 5) is 0. The Labute approximate surface area is 77.3 Å². The van der Waals surface area contributed by atoms with Crippen molar-refractivity contribution in [2.24, 2.45) is 5.73 Å². The summed E-state index contributed by atoms with van der Waals surface area (Å²) in [6.07, 6.45) is 1.94. The van der Waals surface area contributed by atoms with Crippen LogP contribution < -0.4 is 5.73 Å². The van der Waals surface area contributed by atoms with Crippen molar-refractivity contribution >= 4 is 16.7 Å². The summed E-state index contributed by atoms with van der Waals surface area (Å²) in [5.74, 6) is 0.554. The van der Waals surface area contributed by atoms with Crippen molar-refractivity contribution < 1.29 is 0 Å². The van der Waals surface area contributed by atoms with Crippen molar-refractivity contribution in [2.45, 2.75) is 6.92 Å². The zero-order valence-corrected chi connectivity index (χ0v) is 7.62. The topological polar surface area (TPSA) is 30.9 Å². The first-order valence-electron chi connectivity index (χ1n) is 4.21. The van der Waals surface area contributed by atoms with Gasteiger partial charge >= 0.3 is 0 Å². The molecule has 0 atom stereocenters. The highest BCUT2D eigenvalue weighted by Crippen LogP contribution is 2.18. The van der Waals surface area contributed by atoms with E-state index in [0.29, 0.717) is 5.82 Å². The molecule has 1 aromatic heterocycles. The zero-order valence-electron chi connectivity index (χ0n) is 7.62. The minimum absolute atomic E-state index is 0.554. The molecule has 13 heavy (non-hydrogen) atoms. The number of benzene rings is 1. The highest BCUT2D eigenvalue weighted by molar-refractivity contribution is 5.83. The van der Waals surface area contributed by atoms with Gasteiger partial charge < -0.3 is 10.3 Å². The van der Waals surface area contributed by atoms with Crippen molar-refractivity contribution in [2.75, 3.05) is 0 Å². The molecule has 1 aromatic carbocycles. The molecule has 0 amide bonds. The highest BCUT2D eigenvalue weighted by Gasteiger charge is 2.00. The highest BCUT2D eigenvalue weighted by atomic mass is 15.0. The third kappa shape index (κ3) is 1.20. The van der Waals surface area contributed by atoms with E-state index in [-0.39, 0.29) is 0 Å². The summed E-state index contributed by atoms with van der Waals surface area (Å²) in [7, 11) is 0. The van der Waals surface area contributed by atoms with Gasteiger partial charge in [0, 0.05) is 11.6 Å². The summed E-state index contributed by atoms with van der Waals surface area (Å²) in [6, 6.07) is 8.31. The Morgan fingerprint density at radius 1 is 1.38 bits per heavy atom. The average Bonchev–Trinajstić information content (AvgIpc) is 2.46. The van der Waals surface area contributed by atoms with E-state index in [0.717, 1.165) is 5.52 Å². The SMILES string of the molecule is C=C(N)n1ccc2cc(C)ccc21. The Bertz CT molecular complexity index is 466. The molecular formula is C11H12N2. The molecule has 0 saturated heterocycles. The Kier molecular flexibility index (Phi) is 1.62. The second-order valence-electron chi connectivity index (χ2n) is 3.24. The van der Waals surface area contributed by atoms with Gasteiger partial charge in [0.2, 0.25) is 0 Å². The van der Waals surface area contributed by atoms with Crippen LogP contribution in [0.1, 0.15) is 5.56 Å². The third-order valence-corrected chi connectivity index (χ3v) is 2.16. The van der Waals surface area contributed by atoms with Crippen LogP contribution in [0.3, 0.4) is 0 Å². The van der Waals surface area contributed by atoms with E-state index in [9.17, 15) is 0 Å². The quantitative estimate of drug-likeness (QED) is 0.703. The molecule has 66 valence electrons. The fourth-order valence-corrected chi connectivity index (χ4v) is 1.51. The van der Waals surface area contributed by atoms with Gasteiger partial charge in [0.05, 0.1) is 11.3 Å². The molecule has 0 aliphatic rings. The monoisotopic (exact) mass is 172 g/mol. The smallest absolute Gasteiger partial charge is 0.0999 e. The first-order chi connectivity index (χ1) is 6.18. The van der Waals surface area contributed by atoms with Crippen LogP contribution in [0, 0.1) is 6.92 Å². The largest absolute Gasteiger partial charge is 0.385 e. The molecule has 0 bridgehead atoms. The maximum Gasteiger partial charge on any atom is 0.0999 e. The van der Waals surface area contributed by atoms with Crippen LogP contribution in [0.5, 0.6) is 0 Å². The van der Waals surface area contributed by atoms with Crippen molar-refractivity contribution in [1.29, 1.82) is 0 Å². The van der Waals surface area contributed by atoms with Crippen molar-refractivity contribution in [3.05, 3.63) is 42.6 Å². The number of hydrogen-bond acceptors (Lipinski definition) is 1. The van der Waals surface area contributed by atoms with Gasteiger partial charge in [-0.3, -0.25) is 0 Å². The van der Waals surface area contributed by atoms with Gasteiger partial charge in [-0.1, -0.05) is 18.2 Å². The van der Waals surface area contributed by atoms with Gasteiger partial charge in [-0.15, -0.1) is 0 Å². The standard InChI is InChI=1S/C11H12N2/c1-8-3-4-11-10(7-8)5-6-13(11)9(2)12/h3-7H,2,12H2,1H3. The number of rotatable bonds is 1. The van der Waals surface area contributed by atoms with Gasteiger partial charge in [-0.25, -0.2) is 0 Å². The molecule has 0 fully saturated rings. The molecule has 0 spiro atoms. The van der Waals surface area contributed by atoms with E-state index in [2.05, 4.69) is 31.7 Å². The number of hydrogen-bond donors (Lipinski definition) is 1. The van der Waals surface area contributed by atoms with E-state index in [1.807, 2.05) is 16.8 Å². The lowest BCUT2D eigenvalue weighted by Crippen LogP contribution is -2.02. The predicted molar refractivity (Wildman–Crippen MR) is 56.2 cm³/mol. The molecule has 2 rings (SSSR count). The Morgan fingerprint density at radius 3 is 2.85 bits per heavy atom. The maximum atomic E-state index is 5.63. The summed E-state index contributed by atoms with van der Waals surface area (Å²) < 4.78 is 1.88. The van der Waals surface area contributed by atoms with Crippen LogP contribution in [0.2, 0.25) is 0 Å². The molecule has 0 aliphatic carbocycles. The minimum atomic E-state index is 0.554. The molecular weight excluding hydrogens is 160 g/mol.